The summed E-state index contributed by atoms with van der Waals surface area (Å²) in [6.07, 6.45) is 2.96. The molecule has 7 nitrogen and oxygen atoms in total. The highest BCUT2D eigenvalue weighted by molar-refractivity contribution is 5.61. The van der Waals surface area contributed by atoms with Gasteiger partial charge in [-0.25, -0.2) is 0 Å². The minimum absolute atomic E-state index is 0.660. The SMILES string of the molecule is C=CCC.Cc1c(NCc2ccccc2)nc(NCCN2CCOCC2)nc1N(C)C. The van der Waals surface area contributed by atoms with Crippen LogP contribution in [0.1, 0.15) is 24.5 Å². The average Bonchev–Trinajstić information content (AvgIpc) is 2.80. The highest BCUT2D eigenvalue weighted by Crippen LogP contribution is 2.24. The van der Waals surface area contributed by atoms with Gasteiger partial charge >= 0.3 is 0 Å². The van der Waals surface area contributed by atoms with Crippen molar-refractivity contribution in [2.45, 2.75) is 26.8 Å². The molecule has 0 aliphatic carbocycles. The first-order valence-electron chi connectivity index (χ1n) is 11.0. The molecule has 1 aliphatic rings. The van der Waals surface area contributed by atoms with Gasteiger partial charge in [-0.05, 0) is 18.9 Å². The molecule has 1 aromatic carbocycles. The Hall–Kier alpha value is -2.64. The van der Waals surface area contributed by atoms with E-state index in [1.807, 2.05) is 43.3 Å². The molecule has 2 heterocycles. The Balaban J connectivity index is 0.000000785. The van der Waals surface area contributed by atoms with Gasteiger partial charge in [0.05, 0.1) is 13.2 Å². The first-order chi connectivity index (χ1) is 15.0. The van der Waals surface area contributed by atoms with Gasteiger partial charge in [-0.15, -0.1) is 6.58 Å². The van der Waals surface area contributed by atoms with Gasteiger partial charge in [0.25, 0.3) is 0 Å². The number of rotatable bonds is 9. The van der Waals surface area contributed by atoms with Gasteiger partial charge in [0, 0.05) is 52.4 Å². The molecule has 3 rings (SSSR count). The van der Waals surface area contributed by atoms with E-state index in [9.17, 15) is 0 Å². The van der Waals surface area contributed by atoms with Crippen molar-refractivity contribution < 1.29 is 4.74 Å². The van der Waals surface area contributed by atoms with E-state index in [1.165, 1.54) is 5.56 Å². The van der Waals surface area contributed by atoms with Crippen LogP contribution in [-0.4, -0.2) is 68.4 Å². The smallest absolute Gasteiger partial charge is 0.226 e. The Morgan fingerprint density at radius 3 is 2.42 bits per heavy atom. The highest BCUT2D eigenvalue weighted by atomic mass is 16.5. The van der Waals surface area contributed by atoms with Crippen LogP contribution in [0, 0.1) is 6.92 Å². The van der Waals surface area contributed by atoms with Crippen LogP contribution in [0.3, 0.4) is 0 Å². The van der Waals surface area contributed by atoms with Crippen LogP contribution in [0.2, 0.25) is 0 Å². The van der Waals surface area contributed by atoms with Crippen LogP contribution in [0.4, 0.5) is 17.6 Å². The monoisotopic (exact) mass is 426 g/mol. The summed E-state index contributed by atoms with van der Waals surface area (Å²) in [4.78, 5) is 13.8. The standard InChI is InChI=1S/C20H30N6O.C4H8/c1-16-18(22-15-17-7-5-4-6-8-17)23-20(24-19(16)25(2)3)21-9-10-26-11-13-27-14-12-26;1-3-4-2/h4-8H,9-15H2,1-3H3,(H2,21,22,23,24);3H,1,4H2,2H3. The van der Waals surface area contributed by atoms with E-state index in [-0.39, 0.29) is 0 Å². The zero-order valence-electron chi connectivity index (χ0n) is 19.5. The lowest BCUT2D eigenvalue weighted by Gasteiger charge is -2.26. The van der Waals surface area contributed by atoms with Gasteiger partial charge in [-0.3, -0.25) is 4.90 Å². The van der Waals surface area contributed by atoms with Crippen molar-refractivity contribution in [3.63, 3.8) is 0 Å². The maximum absolute atomic E-state index is 5.40. The second-order valence-corrected chi connectivity index (χ2v) is 7.66. The van der Waals surface area contributed by atoms with E-state index >= 15 is 0 Å². The summed E-state index contributed by atoms with van der Waals surface area (Å²) >= 11 is 0. The third-order valence-corrected chi connectivity index (χ3v) is 4.95. The molecule has 0 unspecified atom stereocenters. The minimum atomic E-state index is 0.660. The number of aromatic nitrogens is 2. The molecule has 1 aliphatic heterocycles. The molecular weight excluding hydrogens is 388 g/mol. The molecule has 1 aromatic heterocycles. The van der Waals surface area contributed by atoms with Crippen LogP contribution in [0.5, 0.6) is 0 Å². The molecule has 170 valence electrons. The van der Waals surface area contributed by atoms with Gasteiger partial charge in [0.2, 0.25) is 5.95 Å². The summed E-state index contributed by atoms with van der Waals surface area (Å²) in [6.45, 7) is 13.7. The summed E-state index contributed by atoms with van der Waals surface area (Å²) in [7, 11) is 4.02. The van der Waals surface area contributed by atoms with Gasteiger partial charge in [-0.1, -0.05) is 43.3 Å². The van der Waals surface area contributed by atoms with E-state index in [0.717, 1.165) is 69.6 Å². The molecule has 1 fully saturated rings. The van der Waals surface area contributed by atoms with Gasteiger partial charge < -0.3 is 20.3 Å². The summed E-state index contributed by atoms with van der Waals surface area (Å²) in [5, 5.41) is 6.84. The van der Waals surface area contributed by atoms with E-state index in [0.29, 0.717) is 5.95 Å². The molecule has 2 N–H and O–H groups in total. The van der Waals surface area contributed by atoms with Crippen molar-refractivity contribution in [2.24, 2.45) is 0 Å². The molecule has 0 spiro atoms. The van der Waals surface area contributed by atoms with Crippen molar-refractivity contribution >= 4 is 17.6 Å². The third kappa shape index (κ3) is 8.55. The van der Waals surface area contributed by atoms with Gasteiger partial charge in [0.1, 0.15) is 11.6 Å². The predicted molar refractivity (Wildman–Crippen MR) is 131 cm³/mol. The van der Waals surface area contributed by atoms with Crippen molar-refractivity contribution in [1.29, 1.82) is 0 Å². The Kier molecular flexibility index (Phi) is 10.8. The van der Waals surface area contributed by atoms with Crippen LogP contribution in [0.15, 0.2) is 43.0 Å². The molecule has 0 atom stereocenters. The van der Waals surface area contributed by atoms with Crippen molar-refractivity contribution in [2.75, 3.05) is 69.0 Å². The lowest BCUT2D eigenvalue weighted by molar-refractivity contribution is 0.0398. The van der Waals surface area contributed by atoms with E-state index in [4.69, 9.17) is 14.7 Å². The molecule has 1 saturated heterocycles. The first kappa shape index (κ1) is 24.6. The largest absolute Gasteiger partial charge is 0.379 e. The molecule has 0 radical (unpaired) electrons. The van der Waals surface area contributed by atoms with Crippen LogP contribution < -0.4 is 15.5 Å². The second kappa shape index (κ2) is 13.6. The maximum Gasteiger partial charge on any atom is 0.226 e. The fourth-order valence-electron chi connectivity index (χ4n) is 3.12. The number of nitrogens with one attached hydrogen (secondary N) is 2. The second-order valence-electron chi connectivity index (χ2n) is 7.66. The fourth-order valence-corrected chi connectivity index (χ4v) is 3.12. The lowest BCUT2D eigenvalue weighted by Crippen LogP contribution is -2.39. The van der Waals surface area contributed by atoms with Crippen molar-refractivity contribution in [1.82, 2.24) is 14.9 Å². The van der Waals surface area contributed by atoms with Crippen molar-refractivity contribution in [3.05, 3.63) is 54.1 Å². The molecule has 2 aromatic rings. The van der Waals surface area contributed by atoms with Crippen LogP contribution >= 0.6 is 0 Å². The summed E-state index contributed by atoms with van der Waals surface area (Å²) in [5.41, 5.74) is 2.28. The van der Waals surface area contributed by atoms with Gasteiger partial charge in [0.15, 0.2) is 0 Å². The fraction of sp³-hybridized carbons (Fsp3) is 0.500. The summed E-state index contributed by atoms with van der Waals surface area (Å²) < 4.78 is 5.40. The van der Waals surface area contributed by atoms with E-state index in [2.05, 4.69) is 48.1 Å². The van der Waals surface area contributed by atoms with Crippen LogP contribution in [-0.2, 0) is 11.3 Å². The normalized spacial score (nSPS) is 13.7. The number of ether oxygens (including phenoxy) is 1. The maximum atomic E-state index is 5.40. The minimum Gasteiger partial charge on any atom is -0.379 e. The Labute approximate surface area is 187 Å². The Morgan fingerprint density at radius 1 is 1.13 bits per heavy atom. The number of hydrogen-bond acceptors (Lipinski definition) is 7. The van der Waals surface area contributed by atoms with Crippen LogP contribution in [0.25, 0.3) is 0 Å². The third-order valence-electron chi connectivity index (χ3n) is 4.95. The molecule has 7 heteroatoms. The van der Waals surface area contributed by atoms with Crippen molar-refractivity contribution in [3.8, 4) is 0 Å². The van der Waals surface area contributed by atoms with Gasteiger partial charge in [-0.2, -0.15) is 9.97 Å². The Morgan fingerprint density at radius 2 is 1.81 bits per heavy atom. The Bertz CT molecular complexity index is 775. The molecular formula is C24H38N6O. The number of anilines is 3. The lowest BCUT2D eigenvalue weighted by atomic mass is 10.2. The average molecular weight is 427 g/mol. The molecule has 0 amide bonds. The number of nitrogens with zero attached hydrogens (tertiary/aromatic N) is 4. The van der Waals surface area contributed by atoms with E-state index in [1.54, 1.807) is 0 Å². The number of morpholine rings is 1. The molecule has 31 heavy (non-hydrogen) atoms. The summed E-state index contributed by atoms with van der Waals surface area (Å²) in [5.74, 6) is 2.45. The molecule has 0 saturated carbocycles. The van der Waals surface area contributed by atoms with E-state index < -0.39 is 0 Å². The zero-order valence-corrected chi connectivity index (χ0v) is 19.5. The number of allylic oxidation sites excluding steroid dienone is 1. The molecule has 0 bridgehead atoms. The summed E-state index contributed by atoms with van der Waals surface area (Å²) in [6, 6.07) is 10.3. The number of benzene rings is 1. The number of hydrogen-bond donors (Lipinski definition) is 2. The zero-order chi connectivity index (χ0) is 22.5. The quantitative estimate of drug-likeness (QED) is 0.592. The highest BCUT2D eigenvalue weighted by Gasteiger charge is 2.14. The predicted octanol–water partition coefficient (Wildman–Crippen LogP) is 3.79. The topological polar surface area (TPSA) is 65.5 Å². The first-order valence-corrected chi connectivity index (χ1v) is 11.0.